The van der Waals surface area contributed by atoms with Gasteiger partial charge in [-0.15, -0.1) is 11.3 Å². The summed E-state index contributed by atoms with van der Waals surface area (Å²) in [6.07, 6.45) is 0. The van der Waals surface area contributed by atoms with E-state index in [4.69, 9.17) is 4.42 Å². The Morgan fingerprint density at radius 1 is 0.447 bits per heavy atom. The summed E-state index contributed by atoms with van der Waals surface area (Å²) < 4.78 is 9.25. The zero-order valence-corrected chi connectivity index (χ0v) is 26.2. The standard InChI is InChI=1S/C44H27NOS/c1-3-16-32-28(11-1)13-8-19-33(32)30-14-7-15-31(27-30)45(38-21-10-24-41-43(38)35-18-5-6-23-40(35)47-41)37-20-9-22-39-42(37)36-26-25-29-12-2-4-17-34(29)44(36)46-39/h1-27H. The molecule has 0 spiro atoms. The predicted octanol–water partition coefficient (Wildman–Crippen LogP) is 13.4. The van der Waals surface area contributed by atoms with Crippen LogP contribution in [0.4, 0.5) is 17.1 Å². The number of hydrogen-bond donors (Lipinski definition) is 0. The Bertz CT molecular complexity index is 2820. The highest BCUT2D eigenvalue weighted by atomic mass is 32.1. The average molecular weight is 618 g/mol. The zero-order valence-electron chi connectivity index (χ0n) is 25.4. The first-order chi connectivity index (χ1) is 23.3. The molecule has 3 heteroatoms. The van der Waals surface area contributed by atoms with Crippen LogP contribution in [0.1, 0.15) is 0 Å². The molecule has 0 saturated carbocycles. The highest BCUT2D eigenvalue weighted by Gasteiger charge is 2.23. The van der Waals surface area contributed by atoms with Gasteiger partial charge in [0.2, 0.25) is 0 Å². The second kappa shape index (κ2) is 10.3. The minimum absolute atomic E-state index is 0.881. The number of hydrogen-bond acceptors (Lipinski definition) is 3. The molecule has 220 valence electrons. The molecular formula is C44H27NOS. The first-order valence-electron chi connectivity index (χ1n) is 15.9. The maximum Gasteiger partial charge on any atom is 0.143 e. The van der Waals surface area contributed by atoms with Crippen molar-refractivity contribution in [3.8, 4) is 11.1 Å². The highest BCUT2D eigenvalue weighted by Crippen LogP contribution is 2.49. The lowest BCUT2D eigenvalue weighted by atomic mass is 9.97. The first-order valence-corrected chi connectivity index (χ1v) is 16.7. The summed E-state index contributed by atoms with van der Waals surface area (Å²) in [4.78, 5) is 2.45. The average Bonchev–Trinajstić information content (AvgIpc) is 3.71. The molecule has 2 aromatic heterocycles. The van der Waals surface area contributed by atoms with E-state index < -0.39 is 0 Å². The van der Waals surface area contributed by atoms with Gasteiger partial charge in [-0.05, 0) is 75.8 Å². The molecule has 10 aromatic rings. The van der Waals surface area contributed by atoms with Gasteiger partial charge < -0.3 is 9.32 Å². The molecule has 0 radical (unpaired) electrons. The topological polar surface area (TPSA) is 16.4 Å². The number of anilines is 3. The number of furan rings is 1. The molecule has 0 unspecified atom stereocenters. The minimum Gasteiger partial charge on any atom is -0.455 e. The van der Waals surface area contributed by atoms with Crippen molar-refractivity contribution in [2.75, 3.05) is 4.90 Å². The predicted molar refractivity (Wildman–Crippen MR) is 202 cm³/mol. The summed E-state index contributed by atoms with van der Waals surface area (Å²) in [6.45, 7) is 0. The Labute approximate surface area is 275 Å². The van der Waals surface area contributed by atoms with E-state index in [0.29, 0.717) is 0 Å². The largest absolute Gasteiger partial charge is 0.455 e. The third-order valence-corrected chi connectivity index (χ3v) is 10.6. The van der Waals surface area contributed by atoms with Crippen molar-refractivity contribution in [2.24, 2.45) is 0 Å². The van der Waals surface area contributed by atoms with Crippen LogP contribution in [0.15, 0.2) is 168 Å². The number of nitrogens with zero attached hydrogens (tertiary/aromatic N) is 1. The van der Waals surface area contributed by atoms with Gasteiger partial charge in [-0.25, -0.2) is 0 Å². The molecule has 0 amide bonds. The van der Waals surface area contributed by atoms with Crippen molar-refractivity contribution < 1.29 is 4.42 Å². The van der Waals surface area contributed by atoms with E-state index in [1.54, 1.807) is 0 Å². The molecule has 47 heavy (non-hydrogen) atoms. The highest BCUT2D eigenvalue weighted by molar-refractivity contribution is 7.26. The molecule has 0 N–H and O–H groups in total. The molecule has 0 aliphatic heterocycles. The van der Waals surface area contributed by atoms with Gasteiger partial charge >= 0.3 is 0 Å². The minimum atomic E-state index is 0.881. The van der Waals surface area contributed by atoms with Gasteiger partial charge in [-0.3, -0.25) is 0 Å². The lowest BCUT2D eigenvalue weighted by Crippen LogP contribution is -2.11. The first kappa shape index (κ1) is 26.3. The SMILES string of the molecule is c1cc(-c2cccc3ccccc23)cc(N(c2cccc3oc4c5ccccc5ccc4c23)c2cccc3sc4ccccc4c23)c1. The van der Waals surface area contributed by atoms with Gasteiger partial charge in [0.25, 0.3) is 0 Å². The molecule has 0 atom stereocenters. The summed E-state index contributed by atoms with van der Waals surface area (Å²) >= 11 is 1.85. The molecule has 0 aliphatic carbocycles. The van der Waals surface area contributed by atoms with Crippen LogP contribution in [0.5, 0.6) is 0 Å². The van der Waals surface area contributed by atoms with Crippen molar-refractivity contribution in [1.29, 1.82) is 0 Å². The summed E-state index contributed by atoms with van der Waals surface area (Å²) in [5, 5.41) is 9.56. The van der Waals surface area contributed by atoms with Gasteiger partial charge in [-0.1, -0.05) is 115 Å². The number of thiophene rings is 1. The maximum atomic E-state index is 6.69. The smallest absolute Gasteiger partial charge is 0.143 e. The van der Waals surface area contributed by atoms with E-state index in [1.807, 2.05) is 11.3 Å². The van der Waals surface area contributed by atoms with Crippen LogP contribution in [0.2, 0.25) is 0 Å². The third-order valence-electron chi connectivity index (χ3n) is 9.43. The van der Waals surface area contributed by atoms with Gasteiger partial charge in [0.05, 0.1) is 16.8 Å². The fourth-order valence-corrected chi connectivity index (χ4v) is 8.49. The van der Waals surface area contributed by atoms with Crippen LogP contribution in [0, 0.1) is 0 Å². The second-order valence-electron chi connectivity index (χ2n) is 12.1. The van der Waals surface area contributed by atoms with Crippen LogP contribution in [-0.2, 0) is 0 Å². The number of benzene rings is 8. The molecule has 8 aromatic carbocycles. The van der Waals surface area contributed by atoms with E-state index >= 15 is 0 Å². The van der Waals surface area contributed by atoms with E-state index in [0.717, 1.165) is 44.4 Å². The lowest BCUT2D eigenvalue weighted by molar-refractivity contribution is 0.672. The summed E-state index contributed by atoms with van der Waals surface area (Å²) in [7, 11) is 0. The second-order valence-corrected chi connectivity index (χ2v) is 13.2. The Kier molecular flexibility index (Phi) is 5.78. The van der Waals surface area contributed by atoms with Crippen LogP contribution >= 0.6 is 11.3 Å². The monoisotopic (exact) mass is 617 g/mol. The fourth-order valence-electron chi connectivity index (χ4n) is 7.36. The third kappa shape index (κ3) is 4.04. The van der Waals surface area contributed by atoms with Crippen molar-refractivity contribution in [3.05, 3.63) is 164 Å². The zero-order chi connectivity index (χ0) is 30.9. The van der Waals surface area contributed by atoms with E-state index in [2.05, 4.69) is 169 Å². The molecule has 2 nitrogen and oxygen atoms in total. The Morgan fingerprint density at radius 2 is 1.11 bits per heavy atom. The Balaban J connectivity index is 1.30. The molecule has 2 heterocycles. The van der Waals surface area contributed by atoms with E-state index in [1.165, 1.54) is 47.5 Å². The molecule has 10 rings (SSSR count). The normalized spacial score (nSPS) is 11.8. The van der Waals surface area contributed by atoms with Gasteiger partial charge in [0.1, 0.15) is 11.2 Å². The molecule has 0 saturated heterocycles. The van der Waals surface area contributed by atoms with E-state index in [9.17, 15) is 0 Å². The van der Waals surface area contributed by atoms with Crippen molar-refractivity contribution in [3.63, 3.8) is 0 Å². The summed E-state index contributed by atoms with van der Waals surface area (Å²) in [5.41, 5.74) is 7.55. The van der Waals surface area contributed by atoms with Crippen LogP contribution in [0.3, 0.4) is 0 Å². The van der Waals surface area contributed by atoms with E-state index in [-0.39, 0.29) is 0 Å². The van der Waals surface area contributed by atoms with Crippen LogP contribution < -0.4 is 4.90 Å². The lowest BCUT2D eigenvalue weighted by Gasteiger charge is -2.27. The quantitative estimate of drug-likeness (QED) is 0.195. The molecule has 0 bridgehead atoms. The van der Waals surface area contributed by atoms with Crippen molar-refractivity contribution >= 4 is 92.1 Å². The maximum absolute atomic E-state index is 6.69. The van der Waals surface area contributed by atoms with Crippen molar-refractivity contribution in [1.82, 2.24) is 0 Å². The Morgan fingerprint density at radius 3 is 2.00 bits per heavy atom. The van der Waals surface area contributed by atoms with Gasteiger partial charge in [-0.2, -0.15) is 0 Å². The summed E-state index contributed by atoms with van der Waals surface area (Å²) in [5.74, 6) is 0. The van der Waals surface area contributed by atoms with Crippen LogP contribution in [0.25, 0.3) is 74.8 Å². The van der Waals surface area contributed by atoms with Crippen molar-refractivity contribution in [2.45, 2.75) is 0 Å². The Hall–Kier alpha value is -5.90. The molecular weight excluding hydrogens is 591 g/mol. The molecule has 0 aliphatic rings. The fraction of sp³-hybridized carbons (Fsp3) is 0. The summed E-state index contributed by atoms with van der Waals surface area (Å²) in [6, 6.07) is 59.0. The molecule has 0 fully saturated rings. The van der Waals surface area contributed by atoms with Crippen LogP contribution in [-0.4, -0.2) is 0 Å². The van der Waals surface area contributed by atoms with Gasteiger partial charge in [0, 0.05) is 36.6 Å². The number of rotatable bonds is 4. The van der Waals surface area contributed by atoms with Gasteiger partial charge in [0.15, 0.2) is 0 Å². The number of fused-ring (bicyclic) bond motifs is 9.